The second-order valence-corrected chi connectivity index (χ2v) is 9.65. The Hall–Kier alpha value is -1.85. The van der Waals surface area contributed by atoms with Crippen LogP contribution in [0.15, 0.2) is 0 Å². The van der Waals surface area contributed by atoms with E-state index in [1.807, 2.05) is 20.1 Å². The molecule has 0 saturated carbocycles. The van der Waals surface area contributed by atoms with E-state index in [0.717, 1.165) is 6.42 Å². The van der Waals surface area contributed by atoms with Crippen molar-refractivity contribution in [1.82, 2.24) is 16.0 Å². The molecule has 0 rings (SSSR count). The van der Waals surface area contributed by atoms with Gasteiger partial charge in [-0.25, -0.2) is 4.79 Å². The van der Waals surface area contributed by atoms with E-state index < -0.39 is 47.9 Å². The molecule has 0 aromatic carbocycles. The summed E-state index contributed by atoms with van der Waals surface area (Å²) in [6.45, 7) is 7.81. The molecule has 0 aliphatic rings. The number of hydrogen-bond donors (Lipinski definition) is 6. The van der Waals surface area contributed by atoms with Crippen LogP contribution in [-0.4, -0.2) is 71.5 Å². The predicted molar refractivity (Wildman–Crippen MR) is 132 cm³/mol. The molecular formula is C22H43N5O5S. The van der Waals surface area contributed by atoms with Crippen LogP contribution in [0, 0.1) is 11.8 Å². The van der Waals surface area contributed by atoms with Crippen LogP contribution < -0.4 is 27.4 Å². The number of rotatable bonds is 17. The summed E-state index contributed by atoms with van der Waals surface area (Å²) in [5.74, 6) is -2.34. The first kappa shape index (κ1) is 31.1. The molecule has 192 valence electrons. The number of carbonyl (C=O) groups is 4. The largest absolute Gasteiger partial charge is 0.480 e. The fourth-order valence-corrected chi connectivity index (χ4v) is 3.56. The Labute approximate surface area is 201 Å². The number of nitrogens with one attached hydrogen (secondary N) is 3. The van der Waals surface area contributed by atoms with Crippen LogP contribution in [0.1, 0.15) is 59.8 Å². The minimum absolute atomic E-state index is 0.0480. The summed E-state index contributed by atoms with van der Waals surface area (Å²) in [4.78, 5) is 49.9. The van der Waals surface area contributed by atoms with Crippen LogP contribution in [0.2, 0.25) is 0 Å². The number of carboxylic acid groups (broad SMARTS) is 1. The van der Waals surface area contributed by atoms with Crippen molar-refractivity contribution >= 4 is 35.5 Å². The molecule has 5 unspecified atom stereocenters. The molecule has 0 fully saturated rings. The maximum absolute atomic E-state index is 13.0. The van der Waals surface area contributed by atoms with E-state index in [0.29, 0.717) is 31.6 Å². The summed E-state index contributed by atoms with van der Waals surface area (Å²) in [5.41, 5.74) is 11.5. The van der Waals surface area contributed by atoms with Crippen molar-refractivity contribution < 1.29 is 24.3 Å². The summed E-state index contributed by atoms with van der Waals surface area (Å²) in [5, 5.41) is 17.4. The second-order valence-electron chi connectivity index (χ2n) is 8.67. The van der Waals surface area contributed by atoms with Crippen molar-refractivity contribution in [2.24, 2.45) is 23.3 Å². The maximum atomic E-state index is 13.0. The van der Waals surface area contributed by atoms with Crippen molar-refractivity contribution in [2.45, 2.75) is 84.0 Å². The van der Waals surface area contributed by atoms with Gasteiger partial charge in [0.05, 0.1) is 6.04 Å². The Kier molecular flexibility index (Phi) is 15.8. The van der Waals surface area contributed by atoms with Gasteiger partial charge in [-0.2, -0.15) is 11.8 Å². The van der Waals surface area contributed by atoms with Gasteiger partial charge >= 0.3 is 5.97 Å². The standard InChI is InChI=1S/C22H43N5O5S/c1-6-14(4)17(24)20(29)27-18(13(2)3)21(30)25-15(10-12-33-5)19(28)26-16(22(31)32)9-7-8-11-23/h13-18H,6-12,23-24H2,1-5H3,(H,25,30)(H,26,28)(H,27,29)(H,31,32). The monoisotopic (exact) mass is 489 g/mol. The van der Waals surface area contributed by atoms with Gasteiger partial charge in [-0.15, -0.1) is 0 Å². The summed E-state index contributed by atoms with van der Waals surface area (Å²) >= 11 is 1.50. The molecule has 0 bridgehead atoms. The molecule has 0 aromatic rings. The van der Waals surface area contributed by atoms with Gasteiger partial charge in [0.15, 0.2) is 0 Å². The smallest absolute Gasteiger partial charge is 0.326 e. The molecule has 0 heterocycles. The van der Waals surface area contributed by atoms with Crippen LogP contribution in [0.3, 0.4) is 0 Å². The lowest BCUT2D eigenvalue weighted by atomic mass is 9.97. The zero-order valence-electron chi connectivity index (χ0n) is 20.6. The lowest BCUT2D eigenvalue weighted by molar-refractivity contribution is -0.142. The van der Waals surface area contributed by atoms with E-state index in [4.69, 9.17) is 11.5 Å². The zero-order valence-corrected chi connectivity index (χ0v) is 21.4. The Morgan fingerprint density at radius 2 is 1.52 bits per heavy atom. The number of carboxylic acids is 1. The number of hydrogen-bond acceptors (Lipinski definition) is 7. The number of nitrogens with two attached hydrogens (primary N) is 2. The van der Waals surface area contributed by atoms with Crippen LogP contribution in [-0.2, 0) is 19.2 Å². The van der Waals surface area contributed by atoms with Gasteiger partial charge in [0, 0.05) is 0 Å². The van der Waals surface area contributed by atoms with Gasteiger partial charge in [0.25, 0.3) is 0 Å². The van der Waals surface area contributed by atoms with Gasteiger partial charge in [-0.3, -0.25) is 14.4 Å². The summed E-state index contributed by atoms with van der Waals surface area (Å²) in [6, 6.07) is -3.61. The first-order valence-corrected chi connectivity index (χ1v) is 13.0. The summed E-state index contributed by atoms with van der Waals surface area (Å²) in [7, 11) is 0. The third kappa shape index (κ3) is 11.7. The first-order chi connectivity index (χ1) is 15.5. The topological polar surface area (TPSA) is 177 Å². The molecular weight excluding hydrogens is 446 g/mol. The van der Waals surface area contributed by atoms with Crippen molar-refractivity contribution in [2.75, 3.05) is 18.6 Å². The maximum Gasteiger partial charge on any atom is 0.326 e. The quantitative estimate of drug-likeness (QED) is 0.159. The number of aliphatic carboxylic acids is 1. The highest BCUT2D eigenvalue weighted by molar-refractivity contribution is 7.98. The Bertz CT molecular complexity index is 634. The highest BCUT2D eigenvalue weighted by Gasteiger charge is 2.32. The lowest BCUT2D eigenvalue weighted by Crippen LogP contribution is -2.59. The minimum atomic E-state index is -1.14. The zero-order chi connectivity index (χ0) is 25.6. The molecule has 0 radical (unpaired) electrons. The van der Waals surface area contributed by atoms with Crippen molar-refractivity contribution in [3.63, 3.8) is 0 Å². The van der Waals surface area contributed by atoms with Gasteiger partial charge in [0.2, 0.25) is 17.7 Å². The lowest BCUT2D eigenvalue weighted by Gasteiger charge is -2.27. The normalized spacial score (nSPS) is 15.8. The van der Waals surface area contributed by atoms with E-state index in [-0.39, 0.29) is 18.3 Å². The first-order valence-electron chi connectivity index (χ1n) is 11.6. The van der Waals surface area contributed by atoms with Crippen molar-refractivity contribution in [3.8, 4) is 0 Å². The van der Waals surface area contributed by atoms with Crippen LogP contribution in [0.5, 0.6) is 0 Å². The fourth-order valence-electron chi connectivity index (χ4n) is 3.09. The second kappa shape index (κ2) is 16.7. The molecule has 0 aromatic heterocycles. The molecule has 0 spiro atoms. The molecule has 0 saturated heterocycles. The van der Waals surface area contributed by atoms with Crippen molar-refractivity contribution in [1.29, 1.82) is 0 Å². The van der Waals surface area contributed by atoms with E-state index in [1.54, 1.807) is 13.8 Å². The molecule has 5 atom stereocenters. The molecule has 3 amide bonds. The highest BCUT2D eigenvalue weighted by Crippen LogP contribution is 2.10. The highest BCUT2D eigenvalue weighted by atomic mass is 32.2. The number of unbranched alkanes of at least 4 members (excludes halogenated alkanes) is 1. The predicted octanol–water partition coefficient (Wildman–Crippen LogP) is 0.437. The van der Waals surface area contributed by atoms with Crippen molar-refractivity contribution in [3.05, 3.63) is 0 Å². The van der Waals surface area contributed by atoms with Crippen LogP contribution in [0.4, 0.5) is 0 Å². The van der Waals surface area contributed by atoms with Gasteiger partial charge in [-0.1, -0.05) is 34.1 Å². The molecule has 0 aliphatic heterocycles. The third-order valence-corrected chi connectivity index (χ3v) is 6.26. The fraction of sp³-hybridized carbons (Fsp3) is 0.818. The van der Waals surface area contributed by atoms with Crippen LogP contribution >= 0.6 is 11.8 Å². The number of amides is 3. The van der Waals surface area contributed by atoms with Gasteiger partial charge in [-0.05, 0) is 56.1 Å². The number of thioether (sulfide) groups is 1. The van der Waals surface area contributed by atoms with E-state index in [2.05, 4.69) is 16.0 Å². The van der Waals surface area contributed by atoms with E-state index in [1.165, 1.54) is 11.8 Å². The van der Waals surface area contributed by atoms with Crippen LogP contribution in [0.25, 0.3) is 0 Å². The molecule has 11 heteroatoms. The minimum Gasteiger partial charge on any atom is -0.480 e. The molecule has 10 nitrogen and oxygen atoms in total. The average molecular weight is 490 g/mol. The third-order valence-electron chi connectivity index (χ3n) is 5.61. The van der Waals surface area contributed by atoms with E-state index in [9.17, 15) is 24.3 Å². The molecule has 8 N–H and O–H groups in total. The molecule has 33 heavy (non-hydrogen) atoms. The van der Waals surface area contributed by atoms with E-state index >= 15 is 0 Å². The number of carbonyl (C=O) groups excluding carboxylic acids is 3. The SMILES string of the molecule is CCC(C)C(N)C(=O)NC(C(=O)NC(CCSC)C(=O)NC(CCCCN)C(=O)O)C(C)C. The van der Waals surface area contributed by atoms with Gasteiger partial charge < -0.3 is 32.5 Å². The Morgan fingerprint density at radius 1 is 0.909 bits per heavy atom. The Morgan fingerprint density at radius 3 is 2.00 bits per heavy atom. The van der Waals surface area contributed by atoms with Gasteiger partial charge in [0.1, 0.15) is 18.1 Å². The summed E-state index contributed by atoms with van der Waals surface area (Å²) < 4.78 is 0. The Balaban J connectivity index is 5.36. The molecule has 0 aliphatic carbocycles. The average Bonchev–Trinajstić information content (AvgIpc) is 2.77. The summed E-state index contributed by atoms with van der Waals surface area (Å²) in [6.07, 6.45) is 4.38.